The van der Waals surface area contributed by atoms with Crippen LogP contribution in [0.2, 0.25) is 0 Å². The summed E-state index contributed by atoms with van der Waals surface area (Å²) in [5.41, 5.74) is 1.01. The van der Waals surface area contributed by atoms with E-state index in [1.54, 1.807) is 44.6 Å². The van der Waals surface area contributed by atoms with Gasteiger partial charge in [0.15, 0.2) is 5.78 Å². The number of hydrogen-bond donors (Lipinski definition) is 1. The number of rotatable bonds is 5. The zero-order valence-corrected chi connectivity index (χ0v) is 14.0. The molecule has 4 nitrogen and oxygen atoms in total. The van der Waals surface area contributed by atoms with Crippen molar-refractivity contribution < 1.29 is 19.4 Å². The highest BCUT2D eigenvalue weighted by atomic mass is 16.5. The molecule has 0 atom stereocenters. The highest BCUT2D eigenvalue weighted by Crippen LogP contribution is 2.28. The maximum absolute atomic E-state index is 12.5. The van der Waals surface area contributed by atoms with Crippen LogP contribution < -0.4 is 9.47 Å². The molecule has 3 aromatic carbocycles. The van der Waals surface area contributed by atoms with Crippen LogP contribution >= 0.6 is 0 Å². The van der Waals surface area contributed by atoms with Crippen molar-refractivity contribution in [1.29, 1.82) is 0 Å². The van der Waals surface area contributed by atoms with E-state index in [-0.39, 0.29) is 17.1 Å². The Bertz CT molecular complexity index is 957. The van der Waals surface area contributed by atoms with Crippen LogP contribution in [0, 0.1) is 0 Å². The smallest absolute Gasteiger partial charge is 0.189 e. The Hall–Kier alpha value is -3.27. The average Bonchev–Trinajstić information content (AvgIpc) is 2.65. The van der Waals surface area contributed by atoms with Crippen LogP contribution in [-0.4, -0.2) is 25.1 Å². The van der Waals surface area contributed by atoms with Gasteiger partial charge in [-0.05, 0) is 47.2 Å². The molecule has 0 bridgehead atoms. The minimum atomic E-state index is -0.277. The van der Waals surface area contributed by atoms with Gasteiger partial charge in [-0.3, -0.25) is 4.79 Å². The quantitative estimate of drug-likeness (QED) is 0.553. The Kier molecular flexibility index (Phi) is 4.70. The van der Waals surface area contributed by atoms with Crippen LogP contribution in [0.3, 0.4) is 0 Å². The number of allylic oxidation sites excluding steroid dienone is 1. The average molecular weight is 334 g/mol. The summed E-state index contributed by atoms with van der Waals surface area (Å²) in [4.78, 5) is 12.5. The van der Waals surface area contributed by atoms with Gasteiger partial charge >= 0.3 is 0 Å². The molecule has 0 fully saturated rings. The van der Waals surface area contributed by atoms with Gasteiger partial charge in [-0.1, -0.05) is 24.3 Å². The number of methoxy groups -OCH3 is 2. The summed E-state index contributed by atoms with van der Waals surface area (Å²) >= 11 is 0. The SMILES string of the molecule is COc1ccc(/C=C/C(=O)c2cc3ccccc3cc2O)c(OC)c1. The van der Waals surface area contributed by atoms with Crippen molar-refractivity contribution in [2.45, 2.75) is 0 Å². The fourth-order valence-electron chi connectivity index (χ4n) is 2.64. The lowest BCUT2D eigenvalue weighted by molar-refractivity contribution is 0.104. The van der Waals surface area contributed by atoms with Gasteiger partial charge in [-0.2, -0.15) is 0 Å². The third-order valence-corrected chi connectivity index (χ3v) is 3.98. The van der Waals surface area contributed by atoms with E-state index in [1.807, 2.05) is 30.3 Å². The minimum absolute atomic E-state index is 0.0324. The molecular weight excluding hydrogens is 316 g/mol. The first kappa shape index (κ1) is 16.6. The van der Waals surface area contributed by atoms with Crippen molar-refractivity contribution in [2.24, 2.45) is 0 Å². The third kappa shape index (κ3) is 3.48. The number of phenols is 1. The van der Waals surface area contributed by atoms with E-state index in [0.29, 0.717) is 11.5 Å². The lowest BCUT2D eigenvalue weighted by Crippen LogP contribution is -1.96. The summed E-state index contributed by atoms with van der Waals surface area (Å²) in [6.45, 7) is 0. The molecule has 0 radical (unpaired) electrons. The van der Waals surface area contributed by atoms with Crippen molar-refractivity contribution in [3.8, 4) is 17.2 Å². The van der Waals surface area contributed by atoms with Crippen LogP contribution in [0.25, 0.3) is 16.8 Å². The molecule has 3 aromatic rings. The number of benzene rings is 3. The largest absolute Gasteiger partial charge is 0.507 e. The number of aromatic hydroxyl groups is 1. The van der Waals surface area contributed by atoms with E-state index in [0.717, 1.165) is 16.3 Å². The van der Waals surface area contributed by atoms with Crippen molar-refractivity contribution in [1.82, 2.24) is 0 Å². The summed E-state index contributed by atoms with van der Waals surface area (Å²) in [7, 11) is 3.14. The number of phenolic OH excluding ortho intramolecular Hbond substituents is 1. The molecule has 0 saturated heterocycles. The van der Waals surface area contributed by atoms with E-state index in [2.05, 4.69) is 0 Å². The molecule has 25 heavy (non-hydrogen) atoms. The highest BCUT2D eigenvalue weighted by molar-refractivity contribution is 6.10. The molecule has 0 amide bonds. The van der Waals surface area contributed by atoms with E-state index >= 15 is 0 Å². The topological polar surface area (TPSA) is 55.8 Å². The number of ketones is 1. The second kappa shape index (κ2) is 7.09. The van der Waals surface area contributed by atoms with Gasteiger partial charge in [0, 0.05) is 11.6 Å². The van der Waals surface area contributed by atoms with E-state index in [9.17, 15) is 9.90 Å². The van der Waals surface area contributed by atoms with Crippen LogP contribution in [-0.2, 0) is 0 Å². The molecule has 0 unspecified atom stereocenters. The number of hydrogen-bond acceptors (Lipinski definition) is 4. The molecule has 0 aliphatic carbocycles. The third-order valence-electron chi connectivity index (χ3n) is 3.98. The molecule has 1 N–H and O–H groups in total. The molecule has 126 valence electrons. The zero-order chi connectivity index (χ0) is 17.8. The fourth-order valence-corrected chi connectivity index (χ4v) is 2.64. The van der Waals surface area contributed by atoms with Gasteiger partial charge < -0.3 is 14.6 Å². The second-order valence-corrected chi connectivity index (χ2v) is 5.52. The molecule has 3 rings (SSSR count). The first-order valence-corrected chi connectivity index (χ1v) is 7.78. The molecule has 0 heterocycles. The van der Waals surface area contributed by atoms with E-state index in [1.165, 1.54) is 6.08 Å². The molecular formula is C21H18O4. The number of fused-ring (bicyclic) bond motifs is 1. The minimum Gasteiger partial charge on any atom is -0.507 e. The molecule has 0 aliphatic heterocycles. The second-order valence-electron chi connectivity index (χ2n) is 5.52. The normalized spacial score (nSPS) is 11.0. The van der Waals surface area contributed by atoms with Gasteiger partial charge in [0.05, 0.1) is 19.8 Å². The van der Waals surface area contributed by atoms with Gasteiger partial charge in [-0.25, -0.2) is 0 Å². The van der Waals surface area contributed by atoms with Crippen LogP contribution in [0.5, 0.6) is 17.2 Å². The van der Waals surface area contributed by atoms with Gasteiger partial charge in [0.1, 0.15) is 17.2 Å². The number of ether oxygens (including phenoxy) is 2. The summed E-state index contributed by atoms with van der Waals surface area (Å²) in [6.07, 6.45) is 3.09. The van der Waals surface area contributed by atoms with Gasteiger partial charge in [-0.15, -0.1) is 0 Å². The van der Waals surface area contributed by atoms with Crippen molar-refractivity contribution in [3.05, 3.63) is 71.8 Å². The predicted molar refractivity (Wildman–Crippen MR) is 98.5 cm³/mol. The lowest BCUT2D eigenvalue weighted by atomic mass is 10.0. The summed E-state index contributed by atoms with van der Waals surface area (Å²) in [6, 6.07) is 16.2. The Labute approximate surface area is 145 Å². The summed E-state index contributed by atoms with van der Waals surface area (Å²) < 4.78 is 10.5. The number of carbonyl (C=O) groups excluding carboxylic acids is 1. The number of carbonyl (C=O) groups is 1. The van der Waals surface area contributed by atoms with Crippen LogP contribution in [0.1, 0.15) is 15.9 Å². The molecule has 0 saturated carbocycles. The maximum Gasteiger partial charge on any atom is 0.189 e. The van der Waals surface area contributed by atoms with E-state index < -0.39 is 0 Å². The Morgan fingerprint density at radius 2 is 1.68 bits per heavy atom. The summed E-state index contributed by atoms with van der Waals surface area (Å²) in [5, 5.41) is 11.9. The first-order chi connectivity index (χ1) is 12.1. The lowest BCUT2D eigenvalue weighted by Gasteiger charge is -2.07. The molecule has 0 aromatic heterocycles. The molecule has 0 spiro atoms. The van der Waals surface area contributed by atoms with Crippen molar-refractivity contribution in [3.63, 3.8) is 0 Å². The van der Waals surface area contributed by atoms with Gasteiger partial charge in [0.2, 0.25) is 0 Å². The Balaban J connectivity index is 1.92. The van der Waals surface area contributed by atoms with Crippen molar-refractivity contribution >= 4 is 22.6 Å². The predicted octanol–water partition coefficient (Wildman–Crippen LogP) is 4.46. The monoisotopic (exact) mass is 334 g/mol. The van der Waals surface area contributed by atoms with Crippen LogP contribution in [0.15, 0.2) is 60.7 Å². The summed E-state index contributed by atoms with van der Waals surface area (Å²) in [5.74, 6) is 0.967. The molecule has 0 aliphatic rings. The van der Waals surface area contributed by atoms with E-state index in [4.69, 9.17) is 9.47 Å². The highest BCUT2D eigenvalue weighted by Gasteiger charge is 2.10. The standard InChI is InChI=1S/C21H18O4/c1-24-17-9-7-14(21(13-17)25-2)8-10-19(22)18-11-15-5-3-4-6-16(15)12-20(18)23/h3-13,23H,1-2H3/b10-8+. The maximum atomic E-state index is 12.5. The fraction of sp³-hybridized carbons (Fsp3) is 0.0952. The van der Waals surface area contributed by atoms with Crippen LogP contribution in [0.4, 0.5) is 0 Å². The van der Waals surface area contributed by atoms with Crippen molar-refractivity contribution in [2.75, 3.05) is 14.2 Å². The molecule has 4 heteroatoms. The Morgan fingerprint density at radius 3 is 2.36 bits per heavy atom. The van der Waals surface area contributed by atoms with Gasteiger partial charge in [0.25, 0.3) is 0 Å². The Morgan fingerprint density at radius 1 is 0.960 bits per heavy atom. The first-order valence-electron chi connectivity index (χ1n) is 7.78. The zero-order valence-electron chi connectivity index (χ0n) is 14.0.